The van der Waals surface area contributed by atoms with Crippen LogP contribution < -0.4 is 5.73 Å². The third-order valence-electron chi connectivity index (χ3n) is 4.20. The molecule has 1 aliphatic rings. The molecule has 3 rings (SSSR count). The molecule has 0 aromatic heterocycles. The van der Waals surface area contributed by atoms with E-state index in [1.807, 2.05) is 18.2 Å². The molecule has 2 aromatic rings. The molecule has 0 spiro atoms. The molecular weight excluding hydrogens is 268 g/mol. The fourth-order valence-electron chi connectivity index (χ4n) is 2.91. The Kier molecular flexibility index (Phi) is 4.50. The average molecular weight is 290 g/mol. The Balaban J connectivity index is 2.09. The van der Waals surface area contributed by atoms with Crippen LogP contribution >= 0.6 is 0 Å². The van der Waals surface area contributed by atoms with Crippen molar-refractivity contribution in [2.45, 2.75) is 25.9 Å². The summed E-state index contributed by atoms with van der Waals surface area (Å²) in [5.41, 5.74) is 10.9. The van der Waals surface area contributed by atoms with Crippen molar-refractivity contribution in [2.75, 3.05) is 0 Å². The SMILES string of the molecule is CC1CCC(N)/N=C(c2ccccc2)\C=C/1c1ccccc1. The summed E-state index contributed by atoms with van der Waals surface area (Å²) in [6.45, 7) is 2.28. The van der Waals surface area contributed by atoms with E-state index >= 15 is 0 Å². The van der Waals surface area contributed by atoms with Gasteiger partial charge in [-0.05, 0) is 41.5 Å². The maximum absolute atomic E-state index is 6.16. The summed E-state index contributed by atoms with van der Waals surface area (Å²) < 4.78 is 0. The average Bonchev–Trinajstić information content (AvgIpc) is 2.56. The van der Waals surface area contributed by atoms with Crippen LogP contribution in [-0.4, -0.2) is 11.9 Å². The van der Waals surface area contributed by atoms with E-state index in [9.17, 15) is 0 Å². The Hall–Kier alpha value is -2.19. The molecule has 0 aliphatic carbocycles. The monoisotopic (exact) mass is 290 g/mol. The van der Waals surface area contributed by atoms with Crippen LogP contribution in [0.2, 0.25) is 0 Å². The summed E-state index contributed by atoms with van der Waals surface area (Å²) in [5.74, 6) is 0.475. The summed E-state index contributed by atoms with van der Waals surface area (Å²) in [6.07, 6.45) is 4.08. The topological polar surface area (TPSA) is 38.4 Å². The van der Waals surface area contributed by atoms with E-state index in [2.05, 4.69) is 55.5 Å². The Labute approximate surface area is 132 Å². The first-order valence-electron chi connectivity index (χ1n) is 7.90. The van der Waals surface area contributed by atoms with Crippen molar-refractivity contribution in [3.8, 4) is 0 Å². The number of nitrogens with zero attached hydrogens (tertiary/aromatic N) is 1. The summed E-state index contributed by atoms with van der Waals surface area (Å²) in [4.78, 5) is 4.73. The number of allylic oxidation sites excluding steroid dienone is 2. The molecule has 0 saturated heterocycles. The van der Waals surface area contributed by atoms with Crippen LogP contribution in [0.3, 0.4) is 0 Å². The highest BCUT2D eigenvalue weighted by molar-refractivity contribution is 6.12. The van der Waals surface area contributed by atoms with E-state index in [4.69, 9.17) is 10.7 Å². The Morgan fingerprint density at radius 2 is 1.45 bits per heavy atom. The lowest BCUT2D eigenvalue weighted by Gasteiger charge is -2.22. The van der Waals surface area contributed by atoms with E-state index in [0.717, 1.165) is 24.1 Å². The summed E-state index contributed by atoms with van der Waals surface area (Å²) >= 11 is 0. The quantitative estimate of drug-likeness (QED) is 0.881. The Morgan fingerprint density at radius 1 is 0.864 bits per heavy atom. The second-order valence-electron chi connectivity index (χ2n) is 5.89. The van der Waals surface area contributed by atoms with Crippen molar-refractivity contribution >= 4 is 11.3 Å². The minimum Gasteiger partial charge on any atom is -0.310 e. The van der Waals surface area contributed by atoms with Crippen molar-refractivity contribution in [3.05, 3.63) is 77.9 Å². The summed E-state index contributed by atoms with van der Waals surface area (Å²) in [5, 5.41) is 0. The third kappa shape index (κ3) is 3.34. The standard InChI is InChI=1S/C20H22N2/c1-15-12-13-20(21)22-19(17-10-6-3-7-11-17)14-18(15)16-8-4-2-5-9-16/h2-11,14-15,20H,12-13,21H2,1H3/b18-14+,22-19+. The predicted octanol–water partition coefficient (Wildman–Crippen LogP) is 4.27. The molecule has 2 heteroatoms. The maximum atomic E-state index is 6.16. The number of hydrogen-bond acceptors (Lipinski definition) is 2. The molecule has 2 atom stereocenters. The molecule has 0 fully saturated rings. The summed E-state index contributed by atoms with van der Waals surface area (Å²) in [7, 11) is 0. The number of rotatable bonds is 2. The van der Waals surface area contributed by atoms with Crippen molar-refractivity contribution in [3.63, 3.8) is 0 Å². The molecule has 1 heterocycles. The highest BCUT2D eigenvalue weighted by Crippen LogP contribution is 2.29. The van der Waals surface area contributed by atoms with E-state index in [-0.39, 0.29) is 6.17 Å². The second kappa shape index (κ2) is 6.71. The molecule has 0 bridgehead atoms. The van der Waals surface area contributed by atoms with Gasteiger partial charge in [0.15, 0.2) is 0 Å². The van der Waals surface area contributed by atoms with Gasteiger partial charge in [0.2, 0.25) is 0 Å². The first kappa shape index (κ1) is 14.7. The fraction of sp³-hybridized carbons (Fsp3) is 0.250. The van der Waals surface area contributed by atoms with Crippen LogP contribution in [-0.2, 0) is 0 Å². The predicted molar refractivity (Wildman–Crippen MR) is 93.8 cm³/mol. The van der Waals surface area contributed by atoms with Crippen LogP contribution in [0.15, 0.2) is 71.7 Å². The van der Waals surface area contributed by atoms with Crippen LogP contribution in [0.1, 0.15) is 30.9 Å². The van der Waals surface area contributed by atoms with E-state index in [1.165, 1.54) is 11.1 Å². The largest absolute Gasteiger partial charge is 0.310 e. The Bertz CT molecular complexity index is 671. The van der Waals surface area contributed by atoms with Gasteiger partial charge < -0.3 is 5.73 Å². The lowest BCUT2D eigenvalue weighted by atomic mass is 9.87. The van der Waals surface area contributed by atoms with E-state index < -0.39 is 0 Å². The molecule has 1 aliphatic heterocycles. The minimum atomic E-state index is -0.119. The van der Waals surface area contributed by atoms with Gasteiger partial charge in [0.05, 0.1) is 11.9 Å². The first-order valence-corrected chi connectivity index (χ1v) is 7.90. The molecule has 2 unspecified atom stereocenters. The van der Waals surface area contributed by atoms with Crippen molar-refractivity contribution in [1.82, 2.24) is 0 Å². The number of aliphatic imine (C=N–C) groups is 1. The van der Waals surface area contributed by atoms with Crippen molar-refractivity contribution in [2.24, 2.45) is 16.6 Å². The van der Waals surface area contributed by atoms with Crippen LogP contribution in [0, 0.1) is 5.92 Å². The second-order valence-corrected chi connectivity index (χ2v) is 5.89. The molecule has 0 amide bonds. The molecule has 2 aromatic carbocycles. The maximum Gasteiger partial charge on any atom is 0.0976 e. The molecule has 22 heavy (non-hydrogen) atoms. The molecular formula is C20H22N2. The fourth-order valence-corrected chi connectivity index (χ4v) is 2.91. The van der Waals surface area contributed by atoms with Crippen LogP contribution in [0.4, 0.5) is 0 Å². The van der Waals surface area contributed by atoms with Gasteiger partial charge in [0, 0.05) is 0 Å². The zero-order valence-electron chi connectivity index (χ0n) is 12.9. The lowest BCUT2D eigenvalue weighted by molar-refractivity contribution is 0.544. The van der Waals surface area contributed by atoms with Gasteiger partial charge in [-0.25, -0.2) is 0 Å². The molecule has 2 N–H and O–H groups in total. The zero-order valence-corrected chi connectivity index (χ0v) is 12.9. The van der Waals surface area contributed by atoms with Gasteiger partial charge >= 0.3 is 0 Å². The highest BCUT2D eigenvalue weighted by Gasteiger charge is 2.17. The molecule has 0 saturated carbocycles. The number of hydrogen-bond donors (Lipinski definition) is 1. The smallest absolute Gasteiger partial charge is 0.0976 e. The van der Waals surface area contributed by atoms with Crippen molar-refractivity contribution < 1.29 is 0 Å². The van der Waals surface area contributed by atoms with Gasteiger partial charge in [-0.2, -0.15) is 0 Å². The van der Waals surface area contributed by atoms with Gasteiger partial charge in [-0.15, -0.1) is 0 Å². The highest BCUT2D eigenvalue weighted by atomic mass is 14.9. The van der Waals surface area contributed by atoms with Gasteiger partial charge in [0.1, 0.15) is 0 Å². The minimum absolute atomic E-state index is 0.119. The molecule has 2 nitrogen and oxygen atoms in total. The van der Waals surface area contributed by atoms with E-state index in [1.54, 1.807) is 0 Å². The van der Waals surface area contributed by atoms with Crippen LogP contribution in [0.25, 0.3) is 5.57 Å². The number of nitrogens with two attached hydrogens (primary N) is 1. The first-order chi connectivity index (χ1) is 10.7. The zero-order chi connectivity index (χ0) is 15.4. The Morgan fingerprint density at radius 3 is 2.09 bits per heavy atom. The van der Waals surface area contributed by atoms with Gasteiger partial charge in [0.25, 0.3) is 0 Å². The molecule has 0 radical (unpaired) electrons. The summed E-state index contributed by atoms with van der Waals surface area (Å²) in [6, 6.07) is 20.9. The van der Waals surface area contributed by atoms with Gasteiger partial charge in [-0.1, -0.05) is 67.6 Å². The van der Waals surface area contributed by atoms with Crippen LogP contribution in [0.5, 0.6) is 0 Å². The van der Waals surface area contributed by atoms with Gasteiger partial charge in [-0.3, -0.25) is 4.99 Å². The third-order valence-corrected chi connectivity index (χ3v) is 4.20. The number of benzene rings is 2. The van der Waals surface area contributed by atoms with E-state index in [0.29, 0.717) is 5.92 Å². The molecule has 112 valence electrons. The normalized spacial score (nSPS) is 27.0. The lowest BCUT2D eigenvalue weighted by Crippen LogP contribution is -2.22. The van der Waals surface area contributed by atoms with Crippen molar-refractivity contribution in [1.29, 1.82) is 0 Å².